The number of esters is 1. The molecule has 0 saturated heterocycles. The SMILES string of the molecule is CCOC(=O)C(C)NCc1c(C)nc2scc(C)n12. The van der Waals surface area contributed by atoms with Gasteiger partial charge in [0.1, 0.15) is 6.04 Å². The number of aryl methyl sites for hydroxylation is 2. The second-order valence-electron chi connectivity index (χ2n) is 4.49. The second kappa shape index (κ2) is 5.71. The Morgan fingerprint density at radius 3 is 3.00 bits per heavy atom. The van der Waals surface area contributed by atoms with Crippen LogP contribution in [0.5, 0.6) is 0 Å². The van der Waals surface area contributed by atoms with Crippen molar-refractivity contribution in [2.75, 3.05) is 6.61 Å². The number of carbonyl (C=O) groups excluding carboxylic acids is 1. The summed E-state index contributed by atoms with van der Waals surface area (Å²) in [5.41, 5.74) is 3.27. The molecule has 6 heteroatoms. The van der Waals surface area contributed by atoms with Crippen molar-refractivity contribution in [2.45, 2.75) is 40.3 Å². The van der Waals surface area contributed by atoms with Crippen LogP contribution in [0.1, 0.15) is 30.9 Å². The zero-order valence-corrected chi connectivity index (χ0v) is 12.5. The summed E-state index contributed by atoms with van der Waals surface area (Å²) in [7, 11) is 0. The molecule has 0 radical (unpaired) electrons. The van der Waals surface area contributed by atoms with Crippen molar-refractivity contribution < 1.29 is 9.53 Å². The number of imidazole rings is 1. The number of ether oxygens (including phenoxy) is 1. The molecular weight excluding hydrogens is 262 g/mol. The van der Waals surface area contributed by atoms with Crippen LogP contribution in [0.2, 0.25) is 0 Å². The van der Waals surface area contributed by atoms with Gasteiger partial charge in [-0.15, -0.1) is 11.3 Å². The molecule has 0 fully saturated rings. The van der Waals surface area contributed by atoms with Crippen LogP contribution in [0.3, 0.4) is 0 Å². The maximum absolute atomic E-state index is 11.6. The third kappa shape index (κ3) is 2.79. The highest BCUT2D eigenvalue weighted by molar-refractivity contribution is 7.15. The van der Waals surface area contributed by atoms with Crippen molar-refractivity contribution in [1.82, 2.24) is 14.7 Å². The number of nitrogens with one attached hydrogen (secondary N) is 1. The zero-order valence-electron chi connectivity index (χ0n) is 11.7. The first-order chi connectivity index (χ1) is 9.04. The van der Waals surface area contributed by atoms with E-state index in [0.29, 0.717) is 13.2 Å². The van der Waals surface area contributed by atoms with Crippen LogP contribution in [-0.2, 0) is 16.1 Å². The summed E-state index contributed by atoms with van der Waals surface area (Å²) in [6, 6.07) is -0.316. The topological polar surface area (TPSA) is 55.6 Å². The van der Waals surface area contributed by atoms with Crippen molar-refractivity contribution in [3.8, 4) is 0 Å². The van der Waals surface area contributed by atoms with Crippen LogP contribution < -0.4 is 5.32 Å². The molecule has 5 nitrogen and oxygen atoms in total. The van der Waals surface area contributed by atoms with E-state index in [0.717, 1.165) is 16.3 Å². The lowest BCUT2D eigenvalue weighted by Gasteiger charge is -2.12. The molecule has 0 amide bonds. The van der Waals surface area contributed by atoms with Gasteiger partial charge in [-0.05, 0) is 27.7 Å². The molecule has 19 heavy (non-hydrogen) atoms. The first kappa shape index (κ1) is 14.0. The predicted octanol–water partition coefficient (Wildman–Crippen LogP) is 2.05. The quantitative estimate of drug-likeness (QED) is 0.852. The molecule has 1 atom stereocenters. The molecule has 0 spiro atoms. The summed E-state index contributed by atoms with van der Waals surface area (Å²) in [6.45, 7) is 8.68. The van der Waals surface area contributed by atoms with Gasteiger partial charge in [-0.1, -0.05) is 0 Å². The molecule has 0 saturated carbocycles. The molecule has 2 aromatic heterocycles. The molecule has 1 unspecified atom stereocenters. The van der Waals surface area contributed by atoms with Crippen molar-refractivity contribution >= 4 is 22.3 Å². The highest BCUT2D eigenvalue weighted by Gasteiger charge is 2.16. The van der Waals surface area contributed by atoms with Gasteiger partial charge in [0.25, 0.3) is 0 Å². The van der Waals surface area contributed by atoms with Crippen LogP contribution in [0, 0.1) is 13.8 Å². The van der Waals surface area contributed by atoms with Crippen LogP contribution in [-0.4, -0.2) is 28.0 Å². The lowest BCUT2D eigenvalue weighted by Crippen LogP contribution is -2.35. The summed E-state index contributed by atoms with van der Waals surface area (Å²) in [5.74, 6) is -0.219. The van der Waals surface area contributed by atoms with E-state index in [-0.39, 0.29) is 12.0 Å². The molecule has 104 valence electrons. The van der Waals surface area contributed by atoms with E-state index in [4.69, 9.17) is 4.74 Å². The number of hydrogen-bond donors (Lipinski definition) is 1. The van der Waals surface area contributed by atoms with E-state index >= 15 is 0 Å². The Morgan fingerprint density at radius 1 is 1.58 bits per heavy atom. The molecule has 0 aliphatic heterocycles. The standard InChI is InChI=1S/C13H19N3O2S/c1-5-18-12(17)10(4)14-6-11-9(3)15-13-16(11)8(2)7-19-13/h7,10,14H,5-6H2,1-4H3. The fraction of sp³-hybridized carbons (Fsp3) is 0.538. The molecular formula is C13H19N3O2S. The van der Waals surface area contributed by atoms with Crippen LogP contribution in [0.25, 0.3) is 4.96 Å². The number of thiazole rings is 1. The molecule has 0 aliphatic rings. The number of rotatable bonds is 5. The fourth-order valence-corrected chi connectivity index (χ4v) is 2.91. The van der Waals surface area contributed by atoms with Gasteiger partial charge in [-0.2, -0.15) is 0 Å². The highest BCUT2D eigenvalue weighted by Crippen LogP contribution is 2.20. The Labute approximate surface area is 116 Å². The predicted molar refractivity (Wildman–Crippen MR) is 75.5 cm³/mol. The molecule has 0 aromatic carbocycles. The largest absolute Gasteiger partial charge is 0.465 e. The Kier molecular flexibility index (Phi) is 4.21. The minimum absolute atomic E-state index is 0.219. The van der Waals surface area contributed by atoms with Crippen LogP contribution in [0.15, 0.2) is 5.38 Å². The van der Waals surface area contributed by atoms with E-state index in [1.807, 2.05) is 20.8 Å². The van der Waals surface area contributed by atoms with Crippen molar-refractivity contribution in [3.05, 3.63) is 22.5 Å². The molecule has 2 heterocycles. The third-order valence-corrected chi connectivity index (χ3v) is 3.99. The monoisotopic (exact) mass is 281 g/mol. The molecule has 0 aliphatic carbocycles. The number of hydrogen-bond acceptors (Lipinski definition) is 5. The molecule has 2 rings (SSSR count). The zero-order chi connectivity index (χ0) is 14.0. The minimum atomic E-state index is -0.316. The van der Waals surface area contributed by atoms with Gasteiger partial charge in [0.15, 0.2) is 4.96 Å². The van der Waals surface area contributed by atoms with E-state index < -0.39 is 0 Å². The summed E-state index contributed by atoms with van der Waals surface area (Å²) in [6.07, 6.45) is 0. The van der Waals surface area contributed by atoms with Gasteiger partial charge in [0.2, 0.25) is 0 Å². The van der Waals surface area contributed by atoms with Crippen LogP contribution >= 0.6 is 11.3 Å². The van der Waals surface area contributed by atoms with Gasteiger partial charge in [0.05, 0.1) is 18.0 Å². The van der Waals surface area contributed by atoms with E-state index in [1.165, 1.54) is 5.69 Å². The third-order valence-electron chi connectivity index (χ3n) is 3.05. The first-order valence-electron chi connectivity index (χ1n) is 6.36. The summed E-state index contributed by atoms with van der Waals surface area (Å²) < 4.78 is 7.11. The maximum atomic E-state index is 11.6. The Balaban J connectivity index is 2.11. The average Bonchev–Trinajstić information content (AvgIpc) is 2.87. The normalized spacial score (nSPS) is 12.8. The number of aromatic nitrogens is 2. The smallest absolute Gasteiger partial charge is 0.322 e. The van der Waals surface area contributed by atoms with Crippen molar-refractivity contribution in [3.63, 3.8) is 0 Å². The lowest BCUT2D eigenvalue weighted by molar-refractivity contribution is -0.145. The fourth-order valence-electron chi connectivity index (χ4n) is 1.98. The van der Waals surface area contributed by atoms with E-state index in [9.17, 15) is 4.79 Å². The Hall–Kier alpha value is -1.40. The molecule has 0 bridgehead atoms. The molecule has 2 aromatic rings. The van der Waals surface area contributed by atoms with E-state index in [1.54, 1.807) is 11.3 Å². The second-order valence-corrected chi connectivity index (χ2v) is 5.33. The van der Waals surface area contributed by atoms with Gasteiger partial charge in [0, 0.05) is 17.6 Å². The van der Waals surface area contributed by atoms with Crippen molar-refractivity contribution in [2.24, 2.45) is 0 Å². The van der Waals surface area contributed by atoms with Gasteiger partial charge >= 0.3 is 5.97 Å². The summed E-state index contributed by atoms with van der Waals surface area (Å²) >= 11 is 1.63. The number of fused-ring (bicyclic) bond motifs is 1. The summed E-state index contributed by atoms with van der Waals surface area (Å²) in [5, 5.41) is 5.27. The maximum Gasteiger partial charge on any atom is 0.322 e. The number of nitrogens with zero attached hydrogens (tertiary/aromatic N) is 2. The lowest BCUT2D eigenvalue weighted by atomic mass is 10.3. The Bertz CT molecular complexity index is 588. The Morgan fingerprint density at radius 2 is 2.32 bits per heavy atom. The van der Waals surface area contributed by atoms with Gasteiger partial charge < -0.3 is 4.74 Å². The van der Waals surface area contributed by atoms with Crippen molar-refractivity contribution in [1.29, 1.82) is 0 Å². The molecule has 1 N–H and O–H groups in total. The van der Waals surface area contributed by atoms with Crippen LogP contribution in [0.4, 0.5) is 0 Å². The average molecular weight is 281 g/mol. The number of carbonyl (C=O) groups is 1. The summed E-state index contributed by atoms with van der Waals surface area (Å²) in [4.78, 5) is 17.1. The highest BCUT2D eigenvalue weighted by atomic mass is 32.1. The van der Waals surface area contributed by atoms with Gasteiger partial charge in [-0.25, -0.2) is 4.98 Å². The minimum Gasteiger partial charge on any atom is -0.465 e. The van der Waals surface area contributed by atoms with E-state index in [2.05, 4.69) is 27.0 Å². The van der Waals surface area contributed by atoms with Gasteiger partial charge in [-0.3, -0.25) is 14.5 Å². The first-order valence-corrected chi connectivity index (χ1v) is 7.24.